The number of rotatable bonds is 8. The SMILES string of the molecule is CC(C)CCN1CC2(CC(CCOCc3cccc(F)c3)CO2)C1. The van der Waals surface area contributed by atoms with Crippen LogP contribution in [0.5, 0.6) is 0 Å². The Balaban J connectivity index is 1.30. The van der Waals surface area contributed by atoms with E-state index in [4.69, 9.17) is 9.47 Å². The molecule has 2 fully saturated rings. The monoisotopic (exact) mass is 335 g/mol. The van der Waals surface area contributed by atoms with Gasteiger partial charge in [-0.2, -0.15) is 0 Å². The lowest BCUT2D eigenvalue weighted by Gasteiger charge is -2.47. The third kappa shape index (κ3) is 4.78. The maximum Gasteiger partial charge on any atom is 0.123 e. The second-order valence-electron chi connectivity index (χ2n) is 7.93. The molecule has 0 amide bonds. The predicted molar refractivity (Wildman–Crippen MR) is 93.4 cm³/mol. The maximum atomic E-state index is 13.1. The first kappa shape index (κ1) is 17.8. The standard InChI is InChI=1S/C20H30FNO2/c1-16(2)6-8-22-14-20(15-22)11-18(13-24-20)7-9-23-12-17-4-3-5-19(21)10-17/h3-5,10,16,18H,6-9,11-15H2,1-2H3. The van der Waals surface area contributed by atoms with Crippen LogP contribution in [-0.2, 0) is 16.1 Å². The van der Waals surface area contributed by atoms with Gasteiger partial charge in [0.1, 0.15) is 5.82 Å². The van der Waals surface area contributed by atoms with E-state index in [2.05, 4.69) is 18.7 Å². The molecule has 2 heterocycles. The molecule has 0 aromatic heterocycles. The minimum absolute atomic E-state index is 0.129. The van der Waals surface area contributed by atoms with Gasteiger partial charge in [-0.3, -0.25) is 4.90 Å². The molecule has 2 aliphatic heterocycles. The highest BCUT2D eigenvalue weighted by Crippen LogP contribution is 2.39. The van der Waals surface area contributed by atoms with Crippen LogP contribution in [0.4, 0.5) is 4.39 Å². The Hall–Kier alpha value is -0.970. The minimum Gasteiger partial charge on any atom is -0.377 e. The van der Waals surface area contributed by atoms with Crippen molar-refractivity contribution in [3.63, 3.8) is 0 Å². The first-order valence-electron chi connectivity index (χ1n) is 9.23. The molecule has 1 unspecified atom stereocenters. The van der Waals surface area contributed by atoms with E-state index in [9.17, 15) is 4.39 Å². The topological polar surface area (TPSA) is 21.7 Å². The van der Waals surface area contributed by atoms with Crippen LogP contribution < -0.4 is 0 Å². The van der Waals surface area contributed by atoms with E-state index in [0.717, 1.165) is 50.6 Å². The summed E-state index contributed by atoms with van der Waals surface area (Å²) in [7, 11) is 0. The maximum absolute atomic E-state index is 13.1. The summed E-state index contributed by atoms with van der Waals surface area (Å²) < 4.78 is 24.9. The number of hydrogen-bond acceptors (Lipinski definition) is 3. The summed E-state index contributed by atoms with van der Waals surface area (Å²) in [6, 6.07) is 6.62. The average Bonchev–Trinajstić information content (AvgIpc) is 2.93. The molecule has 1 aromatic carbocycles. The second kappa shape index (κ2) is 7.94. The molecule has 1 spiro atoms. The van der Waals surface area contributed by atoms with E-state index >= 15 is 0 Å². The van der Waals surface area contributed by atoms with Gasteiger partial charge in [-0.25, -0.2) is 4.39 Å². The molecule has 1 aromatic rings. The summed E-state index contributed by atoms with van der Waals surface area (Å²) >= 11 is 0. The number of likely N-dealkylation sites (tertiary alicyclic amines) is 1. The predicted octanol–water partition coefficient (Wildman–Crippen LogP) is 3.87. The fraction of sp³-hybridized carbons (Fsp3) is 0.700. The van der Waals surface area contributed by atoms with Gasteiger partial charge in [-0.1, -0.05) is 26.0 Å². The number of ether oxygens (including phenoxy) is 2. The normalized spacial score (nSPS) is 23.1. The molecule has 24 heavy (non-hydrogen) atoms. The Morgan fingerprint density at radius 3 is 2.96 bits per heavy atom. The largest absolute Gasteiger partial charge is 0.377 e. The molecule has 1 atom stereocenters. The third-order valence-corrected chi connectivity index (χ3v) is 5.16. The van der Waals surface area contributed by atoms with Crippen molar-refractivity contribution in [2.75, 3.05) is 32.8 Å². The zero-order chi connectivity index (χ0) is 17.0. The molecule has 0 radical (unpaired) electrons. The van der Waals surface area contributed by atoms with E-state index in [1.54, 1.807) is 6.07 Å². The highest BCUT2D eigenvalue weighted by atomic mass is 19.1. The quantitative estimate of drug-likeness (QED) is 0.673. The third-order valence-electron chi connectivity index (χ3n) is 5.16. The Bertz CT molecular complexity index is 528. The van der Waals surface area contributed by atoms with Gasteiger partial charge < -0.3 is 9.47 Å². The van der Waals surface area contributed by atoms with Gasteiger partial charge in [0, 0.05) is 19.7 Å². The van der Waals surface area contributed by atoms with Crippen LogP contribution in [0.1, 0.15) is 38.7 Å². The van der Waals surface area contributed by atoms with E-state index in [1.165, 1.54) is 25.1 Å². The second-order valence-corrected chi connectivity index (χ2v) is 7.93. The number of benzene rings is 1. The fourth-order valence-electron chi connectivity index (χ4n) is 3.78. The van der Waals surface area contributed by atoms with Gasteiger partial charge in [0.05, 0.1) is 18.8 Å². The molecule has 2 saturated heterocycles. The Morgan fingerprint density at radius 2 is 2.21 bits per heavy atom. The zero-order valence-electron chi connectivity index (χ0n) is 15.0. The first-order valence-corrected chi connectivity index (χ1v) is 9.23. The van der Waals surface area contributed by atoms with E-state index in [-0.39, 0.29) is 11.4 Å². The molecule has 2 aliphatic rings. The smallest absolute Gasteiger partial charge is 0.123 e. The summed E-state index contributed by atoms with van der Waals surface area (Å²) in [6.07, 6.45) is 3.46. The van der Waals surface area contributed by atoms with Gasteiger partial charge in [-0.05, 0) is 55.3 Å². The molecule has 3 rings (SSSR count). The number of halogens is 1. The van der Waals surface area contributed by atoms with Crippen LogP contribution in [0.3, 0.4) is 0 Å². The molecule has 0 bridgehead atoms. The van der Waals surface area contributed by atoms with Gasteiger partial charge in [0.2, 0.25) is 0 Å². The summed E-state index contributed by atoms with van der Waals surface area (Å²) in [5.74, 6) is 1.17. The van der Waals surface area contributed by atoms with Crippen LogP contribution in [-0.4, -0.2) is 43.3 Å². The molecule has 0 N–H and O–H groups in total. The molecule has 4 heteroatoms. The van der Waals surface area contributed by atoms with E-state index in [0.29, 0.717) is 12.5 Å². The van der Waals surface area contributed by atoms with Crippen molar-refractivity contribution in [1.82, 2.24) is 4.90 Å². The summed E-state index contributed by atoms with van der Waals surface area (Å²) in [4.78, 5) is 2.52. The molecule has 0 saturated carbocycles. The van der Waals surface area contributed by atoms with Crippen molar-refractivity contribution < 1.29 is 13.9 Å². The van der Waals surface area contributed by atoms with E-state index in [1.807, 2.05) is 6.07 Å². The Morgan fingerprint density at radius 1 is 1.38 bits per heavy atom. The molecule has 3 nitrogen and oxygen atoms in total. The first-order chi connectivity index (χ1) is 11.5. The van der Waals surface area contributed by atoms with Crippen molar-refractivity contribution in [3.8, 4) is 0 Å². The van der Waals surface area contributed by atoms with Crippen molar-refractivity contribution in [1.29, 1.82) is 0 Å². The Kier molecular flexibility index (Phi) is 5.90. The fourth-order valence-corrected chi connectivity index (χ4v) is 3.78. The lowest BCUT2D eigenvalue weighted by molar-refractivity contribution is -0.111. The summed E-state index contributed by atoms with van der Waals surface area (Å²) in [5, 5.41) is 0. The highest BCUT2D eigenvalue weighted by Gasteiger charge is 2.48. The van der Waals surface area contributed by atoms with Crippen LogP contribution >= 0.6 is 0 Å². The molecular weight excluding hydrogens is 305 g/mol. The number of nitrogens with zero attached hydrogens (tertiary/aromatic N) is 1. The average molecular weight is 335 g/mol. The van der Waals surface area contributed by atoms with Crippen molar-refractivity contribution in [2.45, 2.75) is 45.3 Å². The molecule has 0 aliphatic carbocycles. The number of hydrogen-bond donors (Lipinski definition) is 0. The van der Waals surface area contributed by atoms with Gasteiger partial charge in [0.25, 0.3) is 0 Å². The minimum atomic E-state index is -0.200. The molecular formula is C20H30FNO2. The zero-order valence-corrected chi connectivity index (χ0v) is 15.0. The van der Waals surface area contributed by atoms with E-state index < -0.39 is 0 Å². The summed E-state index contributed by atoms with van der Waals surface area (Å²) in [6.45, 7) is 10.0. The van der Waals surface area contributed by atoms with Gasteiger partial charge in [-0.15, -0.1) is 0 Å². The van der Waals surface area contributed by atoms with Crippen LogP contribution in [0.15, 0.2) is 24.3 Å². The summed E-state index contributed by atoms with van der Waals surface area (Å²) in [5.41, 5.74) is 1.03. The van der Waals surface area contributed by atoms with Gasteiger partial charge in [0.15, 0.2) is 0 Å². The Labute approximate surface area is 145 Å². The van der Waals surface area contributed by atoms with Crippen molar-refractivity contribution >= 4 is 0 Å². The highest BCUT2D eigenvalue weighted by molar-refractivity contribution is 5.15. The van der Waals surface area contributed by atoms with Crippen molar-refractivity contribution in [2.24, 2.45) is 11.8 Å². The lowest BCUT2D eigenvalue weighted by atomic mass is 9.86. The van der Waals surface area contributed by atoms with Crippen LogP contribution in [0.2, 0.25) is 0 Å². The van der Waals surface area contributed by atoms with Crippen LogP contribution in [0.25, 0.3) is 0 Å². The van der Waals surface area contributed by atoms with Crippen LogP contribution in [0, 0.1) is 17.7 Å². The van der Waals surface area contributed by atoms with Gasteiger partial charge >= 0.3 is 0 Å². The van der Waals surface area contributed by atoms with Crippen molar-refractivity contribution in [3.05, 3.63) is 35.6 Å². The lowest BCUT2D eigenvalue weighted by Crippen LogP contribution is -2.61. The molecule has 134 valence electrons.